The normalized spacial score (nSPS) is 12.6. The lowest BCUT2D eigenvalue weighted by atomic mass is 10.1. The van der Waals surface area contributed by atoms with E-state index in [1.807, 2.05) is 31.1 Å². The molecule has 0 aliphatic rings. The van der Waals surface area contributed by atoms with E-state index in [-0.39, 0.29) is 12.6 Å². The highest BCUT2D eigenvalue weighted by molar-refractivity contribution is 5.37. The van der Waals surface area contributed by atoms with Gasteiger partial charge in [-0.3, -0.25) is 0 Å². The Kier molecular flexibility index (Phi) is 3.22. The molecule has 0 aliphatic carbocycles. The number of aliphatic hydroxyl groups is 1. The summed E-state index contributed by atoms with van der Waals surface area (Å²) in [5.41, 5.74) is 6.47. The maximum Gasteiger partial charge on any atom is 0.127 e. The second-order valence-corrected chi connectivity index (χ2v) is 3.13. The maximum absolute atomic E-state index is 8.80. The lowest BCUT2D eigenvalue weighted by molar-refractivity contribution is 0.268. The summed E-state index contributed by atoms with van der Waals surface area (Å²) in [7, 11) is 3.85. The number of hydrogen-bond acceptors (Lipinski definition) is 4. The molecule has 0 aliphatic heterocycles. The predicted octanol–water partition coefficient (Wildman–Crippen LogP) is 0.140. The number of nitrogens with two attached hydrogens (primary N) is 1. The molecule has 1 heterocycles. The summed E-state index contributed by atoms with van der Waals surface area (Å²) in [5, 5.41) is 8.80. The van der Waals surface area contributed by atoms with Crippen LogP contribution in [-0.2, 0) is 0 Å². The van der Waals surface area contributed by atoms with Gasteiger partial charge in [0.25, 0.3) is 0 Å². The molecule has 0 bridgehead atoms. The van der Waals surface area contributed by atoms with E-state index >= 15 is 0 Å². The molecule has 1 aromatic rings. The number of anilines is 1. The summed E-state index contributed by atoms with van der Waals surface area (Å²) in [4.78, 5) is 6.09. The summed E-state index contributed by atoms with van der Waals surface area (Å²) < 4.78 is 0. The van der Waals surface area contributed by atoms with Crippen molar-refractivity contribution in [3.8, 4) is 0 Å². The van der Waals surface area contributed by atoms with Crippen molar-refractivity contribution in [1.29, 1.82) is 0 Å². The Bertz CT molecular complexity index is 258. The maximum atomic E-state index is 8.80. The Labute approximate surface area is 78.0 Å². The van der Waals surface area contributed by atoms with Gasteiger partial charge in [0.15, 0.2) is 0 Å². The molecule has 1 rings (SSSR count). The van der Waals surface area contributed by atoms with Crippen LogP contribution in [0.3, 0.4) is 0 Å². The average Bonchev–Trinajstić information content (AvgIpc) is 2.17. The lowest BCUT2D eigenvalue weighted by Crippen LogP contribution is -2.16. The Morgan fingerprint density at radius 3 is 2.62 bits per heavy atom. The molecule has 0 fully saturated rings. The highest BCUT2D eigenvalue weighted by Crippen LogP contribution is 2.12. The van der Waals surface area contributed by atoms with Crippen LogP contribution in [0.1, 0.15) is 11.6 Å². The molecule has 0 amide bonds. The van der Waals surface area contributed by atoms with E-state index in [2.05, 4.69) is 4.98 Å². The summed E-state index contributed by atoms with van der Waals surface area (Å²) in [5.74, 6) is 0.883. The number of rotatable bonds is 3. The minimum atomic E-state index is -0.330. The van der Waals surface area contributed by atoms with Gasteiger partial charge in [-0.05, 0) is 11.6 Å². The van der Waals surface area contributed by atoms with E-state index in [9.17, 15) is 0 Å². The van der Waals surface area contributed by atoms with Crippen molar-refractivity contribution in [3.05, 3.63) is 23.9 Å². The molecule has 0 saturated heterocycles. The molecule has 72 valence electrons. The van der Waals surface area contributed by atoms with E-state index in [1.54, 1.807) is 6.20 Å². The summed E-state index contributed by atoms with van der Waals surface area (Å²) in [6, 6.07) is 3.43. The Morgan fingerprint density at radius 1 is 1.54 bits per heavy atom. The zero-order valence-electron chi connectivity index (χ0n) is 7.94. The van der Waals surface area contributed by atoms with Crippen LogP contribution < -0.4 is 10.6 Å². The standard InChI is InChI=1S/C9H15N3O/c1-12(2)9-4-3-7(5-11-9)8(10)6-13/h3-5,8,13H,6,10H2,1-2H3/t8-/m1/s1. The molecule has 1 aromatic heterocycles. The number of aliphatic hydroxyl groups excluding tert-OH is 1. The number of nitrogens with zero attached hydrogens (tertiary/aromatic N) is 2. The minimum Gasteiger partial charge on any atom is -0.394 e. The van der Waals surface area contributed by atoms with Crippen LogP contribution in [0.2, 0.25) is 0 Å². The SMILES string of the molecule is CN(C)c1ccc([C@H](N)CO)cn1. The first-order chi connectivity index (χ1) is 6.15. The Balaban J connectivity index is 2.81. The van der Waals surface area contributed by atoms with Crippen LogP contribution >= 0.6 is 0 Å². The van der Waals surface area contributed by atoms with E-state index in [0.29, 0.717) is 0 Å². The van der Waals surface area contributed by atoms with Gasteiger partial charge in [-0.2, -0.15) is 0 Å². The molecular weight excluding hydrogens is 166 g/mol. The number of aromatic nitrogens is 1. The zero-order chi connectivity index (χ0) is 9.84. The smallest absolute Gasteiger partial charge is 0.127 e. The van der Waals surface area contributed by atoms with Crippen molar-refractivity contribution in [2.24, 2.45) is 5.73 Å². The first kappa shape index (κ1) is 9.95. The van der Waals surface area contributed by atoms with Crippen molar-refractivity contribution >= 4 is 5.82 Å². The molecule has 13 heavy (non-hydrogen) atoms. The first-order valence-electron chi connectivity index (χ1n) is 4.15. The van der Waals surface area contributed by atoms with Gasteiger partial charge in [-0.15, -0.1) is 0 Å². The van der Waals surface area contributed by atoms with Crippen molar-refractivity contribution in [1.82, 2.24) is 4.98 Å². The molecule has 4 heteroatoms. The van der Waals surface area contributed by atoms with Crippen molar-refractivity contribution in [3.63, 3.8) is 0 Å². The quantitative estimate of drug-likeness (QED) is 0.696. The molecule has 0 saturated carbocycles. The van der Waals surface area contributed by atoms with Gasteiger partial charge >= 0.3 is 0 Å². The topological polar surface area (TPSA) is 62.4 Å². The second-order valence-electron chi connectivity index (χ2n) is 3.13. The molecular formula is C9H15N3O. The number of pyridine rings is 1. The molecule has 0 unspecified atom stereocenters. The van der Waals surface area contributed by atoms with E-state index < -0.39 is 0 Å². The van der Waals surface area contributed by atoms with Crippen LogP contribution in [0.4, 0.5) is 5.82 Å². The van der Waals surface area contributed by atoms with Crippen LogP contribution in [0.15, 0.2) is 18.3 Å². The van der Waals surface area contributed by atoms with Crippen molar-refractivity contribution in [2.45, 2.75) is 6.04 Å². The van der Waals surface area contributed by atoms with Crippen LogP contribution in [0, 0.1) is 0 Å². The monoisotopic (exact) mass is 181 g/mol. The summed E-state index contributed by atoms with van der Waals surface area (Å²) in [6.07, 6.45) is 1.69. The van der Waals surface area contributed by atoms with Gasteiger partial charge in [-0.1, -0.05) is 6.07 Å². The molecule has 0 aromatic carbocycles. The van der Waals surface area contributed by atoms with Crippen molar-refractivity contribution < 1.29 is 5.11 Å². The third kappa shape index (κ3) is 2.40. The molecule has 3 N–H and O–H groups in total. The number of hydrogen-bond donors (Lipinski definition) is 2. The van der Waals surface area contributed by atoms with E-state index in [0.717, 1.165) is 11.4 Å². The third-order valence-corrected chi connectivity index (χ3v) is 1.85. The van der Waals surface area contributed by atoms with Gasteiger partial charge in [0, 0.05) is 20.3 Å². The van der Waals surface area contributed by atoms with Gasteiger partial charge in [0.05, 0.1) is 12.6 Å². The highest BCUT2D eigenvalue weighted by atomic mass is 16.3. The zero-order valence-corrected chi connectivity index (χ0v) is 7.94. The molecule has 1 atom stereocenters. The molecule has 4 nitrogen and oxygen atoms in total. The second kappa shape index (κ2) is 4.20. The van der Waals surface area contributed by atoms with Crippen LogP contribution in [0.25, 0.3) is 0 Å². The highest BCUT2D eigenvalue weighted by Gasteiger charge is 2.04. The van der Waals surface area contributed by atoms with Gasteiger partial charge in [0.1, 0.15) is 5.82 Å². The minimum absolute atomic E-state index is 0.0526. The fraction of sp³-hybridized carbons (Fsp3) is 0.444. The van der Waals surface area contributed by atoms with Crippen LogP contribution in [-0.4, -0.2) is 30.8 Å². The molecule has 0 radical (unpaired) electrons. The van der Waals surface area contributed by atoms with Crippen LogP contribution in [0.5, 0.6) is 0 Å². The Morgan fingerprint density at radius 2 is 2.23 bits per heavy atom. The van der Waals surface area contributed by atoms with Gasteiger partial charge in [-0.25, -0.2) is 4.98 Å². The Hall–Kier alpha value is -1.13. The fourth-order valence-electron chi connectivity index (χ4n) is 0.987. The average molecular weight is 181 g/mol. The largest absolute Gasteiger partial charge is 0.394 e. The third-order valence-electron chi connectivity index (χ3n) is 1.85. The molecule has 0 spiro atoms. The predicted molar refractivity (Wildman–Crippen MR) is 52.6 cm³/mol. The lowest BCUT2D eigenvalue weighted by Gasteiger charge is -2.13. The summed E-state index contributed by atoms with van der Waals surface area (Å²) in [6.45, 7) is -0.0526. The summed E-state index contributed by atoms with van der Waals surface area (Å²) >= 11 is 0. The van der Waals surface area contributed by atoms with E-state index in [4.69, 9.17) is 10.8 Å². The first-order valence-corrected chi connectivity index (χ1v) is 4.15. The fourth-order valence-corrected chi connectivity index (χ4v) is 0.987. The van der Waals surface area contributed by atoms with Gasteiger partial charge in [0.2, 0.25) is 0 Å². The van der Waals surface area contributed by atoms with Gasteiger partial charge < -0.3 is 15.7 Å². The van der Waals surface area contributed by atoms with Crippen molar-refractivity contribution in [2.75, 3.05) is 25.6 Å². The van der Waals surface area contributed by atoms with E-state index in [1.165, 1.54) is 0 Å².